The zero-order valence-electron chi connectivity index (χ0n) is 7.50. The van der Waals surface area contributed by atoms with Crippen molar-refractivity contribution in [1.82, 2.24) is 10.2 Å². The maximum Gasteiger partial charge on any atom is 0.186 e. The van der Waals surface area contributed by atoms with E-state index in [2.05, 4.69) is 20.9 Å². The zero-order valence-corrected chi connectivity index (χ0v) is 8.26. The molecule has 0 unspecified atom stereocenters. The van der Waals surface area contributed by atoms with Gasteiger partial charge in [0.15, 0.2) is 11.0 Å². The van der Waals surface area contributed by atoms with Gasteiger partial charge in [-0.05, 0) is 13.8 Å². The Kier molecular flexibility index (Phi) is 3.27. The molecule has 1 aromatic rings. The topological polar surface area (TPSA) is 75.9 Å². The third-order valence-corrected chi connectivity index (χ3v) is 1.53. The van der Waals surface area contributed by atoms with Crippen LogP contribution < -0.4 is 16.6 Å². The fourth-order valence-electron chi connectivity index (χ4n) is 0.896. The van der Waals surface area contributed by atoms with Crippen LogP contribution in [0.2, 0.25) is 5.15 Å². The second-order valence-corrected chi connectivity index (χ2v) is 3.26. The van der Waals surface area contributed by atoms with Gasteiger partial charge in [0.25, 0.3) is 0 Å². The molecule has 72 valence electrons. The van der Waals surface area contributed by atoms with Crippen molar-refractivity contribution < 1.29 is 0 Å². The fourth-order valence-corrected chi connectivity index (χ4v) is 1.04. The molecule has 5 nitrogen and oxygen atoms in total. The van der Waals surface area contributed by atoms with E-state index in [-0.39, 0.29) is 6.04 Å². The highest BCUT2D eigenvalue weighted by Gasteiger charge is 2.05. The quantitative estimate of drug-likeness (QED) is 0.507. The van der Waals surface area contributed by atoms with Crippen LogP contribution in [0.4, 0.5) is 11.5 Å². The van der Waals surface area contributed by atoms with Crippen LogP contribution in [0.5, 0.6) is 0 Å². The van der Waals surface area contributed by atoms with E-state index in [4.69, 9.17) is 17.4 Å². The lowest BCUT2D eigenvalue weighted by Gasteiger charge is -2.12. The summed E-state index contributed by atoms with van der Waals surface area (Å²) in [5.41, 5.74) is 3.18. The van der Waals surface area contributed by atoms with Crippen molar-refractivity contribution in [3.63, 3.8) is 0 Å². The minimum atomic E-state index is 0.285. The summed E-state index contributed by atoms with van der Waals surface area (Å²) in [6.45, 7) is 4.02. The predicted octanol–water partition coefficient (Wildman–Crippen LogP) is 1.24. The summed E-state index contributed by atoms with van der Waals surface area (Å²) in [6, 6.07) is 1.95. The summed E-state index contributed by atoms with van der Waals surface area (Å²) in [7, 11) is 0. The molecule has 0 saturated heterocycles. The SMILES string of the molecule is CC(C)Nc1cc(Cl)nnc1NN. The van der Waals surface area contributed by atoms with Gasteiger partial charge in [0.2, 0.25) is 0 Å². The number of nitrogen functional groups attached to an aromatic ring is 1. The van der Waals surface area contributed by atoms with Crippen molar-refractivity contribution in [3.8, 4) is 0 Å². The Labute approximate surface area is 81.6 Å². The standard InChI is InChI=1S/C7H12ClN5/c1-4(2)10-5-3-6(8)12-13-7(5)11-9/h3-4H,9H2,1-2H3,(H,10,12)(H,11,13). The number of hydrogen-bond donors (Lipinski definition) is 3. The molecule has 13 heavy (non-hydrogen) atoms. The summed E-state index contributed by atoms with van der Waals surface area (Å²) in [5.74, 6) is 5.73. The molecule has 0 amide bonds. The minimum Gasteiger partial charge on any atom is -0.380 e. The van der Waals surface area contributed by atoms with Crippen molar-refractivity contribution >= 4 is 23.1 Å². The zero-order chi connectivity index (χ0) is 9.84. The number of nitrogens with two attached hydrogens (primary N) is 1. The second-order valence-electron chi connectivity index (χ2n) is 2.87. The number of rotatable bonds is 3. The largest absolute Gasteiger partial charge is 0.380 e. The van der Waals surface area contributed by atoms with Gasteiger partial charge in [-0.25, -0.2) is 5.84 Å². The molecule has 0 aliphatic rings. The number of nitrogens with one attached hydrogen (secondary N) is 2. The van der Waals surface area contributed by atoms with E-state index in [1.165, 1.54) is 0 Å². The lowest BCUT2D eigenvalue weighted by molar-refractivity contribution is 0.892. The monoisotopic (exact) mass is 201 g/mol. The highest BCUT2D eigenvalue weighted by Crippen LogP contribution is 2.20. The van der Waals surface area contributed by atoms with Crippen molar-refractivity contribution in [2.75, 3.05) is 10.7 Å². The summed E-state index contributed by atoms with van der Waals surface area (Å²) in [4.78, 5) is 0. The van der Waals surface area contributed by atoms with Gasteiger partial charge in [-0.2, -0.15) is 0 Å². The van der Waals surface area contributed by atoms with E-state index in [1.807, 2.05) is 13.8 Å². The average Bonchev–Trinajstić information content (AvgIpc) is 2.03. The number of aromatic nitrogens is 2. The molecule has 0 saturated carbocycles. The lowest BCUT2D eigenvalue weighted by Crippen LogP contribution is -2.16. The van der Waals surface area contributed by atoms with Gasteiger partial charge in [-0.3, -0.25) is 0 Å². The van der Waals surface area contributed by atoms with Gasteiger partial charge in [0, 0.05) is 12.1 Å². The Morgan fingerprint density at radius 3 is 2.69 bits per heavy atom. The molecular formula is C7H12ClN5. The van der Waals surface area contributed by atoms with Crippen molar-refractivity contribution in [3.05, 3.63) is 11.2 Å². The Balaban J connectivity index is 2.94. The van der Waals surface area contributed by atoms with E-state index >= 15 is 0 Å². The van der Waals surface area contributed by atoms with Gasteiger partial charge in [0.1, 0.15) is 0 Å². The number of hydrogen-bond acceptors (Lipinski definition) is 5. The van der Waals surface area contributed by atoms with Crippen molar-refractivity contribution in [1.29, 1.82) is 0 Å². The van der Waals surface area contributed by atoms with Crippen LogP contribution >= 0.6 is 11.6 Å². The van der Waals surface area contributed by atoms with E-state index in [0.717, 1.165) is 5.69 Å². The summed E-state index contributed by atoms with van der Waals surface area (Å²) in [5, 5.41) is 10.9. The van der Waals surface area contributed by atoms with Crippen LogP contribution in [0.3, 0.4) is 0 Å². The van der Waals surface area contributed by atoms with Gasteiger partial charge in [-0.15, -0.1) is 10.2 Å². The Hall–Kier alpha value is -1.07. The summed E-state index contributed by atoms with van der Waals surface area (Å²) < 4.78 is 0. The smallest absolute Gasteiger partial charge is 0.186 e. The van der Waals surface area contributed by atoms with E-state index < -0.39 is 0 Å². The maximum absolute atomic E-state index is 5.68. The average molecular weight is 202 g/mol. The Morgan fingerprint density at radius 2 is 2.15 bits per heavy atom. The molecule has 1 heterocycles. The molecule has 0 spiro atoms. The second kappa shape index (κ2) is 4.25. The highest BCUT2D eigenvalue weighted by atomic mass is 35.5. The first kappa shape index (κ1) is 10.0. The van der Waals surface area contributed by atoms with Crippen LogP contribution in [0, 0.1) is 0 Å². The molecule has 0 fully saturated rings. The number of nitrogens with zero attached hydrogens (tertiary/aromatic N) is 2. The maximum atomic E-state index is 5.68. The first-order valence-electron chi connectivity index (χ1n) is 3.90. The molecule has 1 rings (SSSR count). The Bertz CT molecular complexity index is 288. The van der Waals surface area contributed by atoms with Crippen molar-refractivity contribution in [2.45, 2.75) is 19.9 Å². The number of hydrazine groups is 1. The number of anilines is 2. The van der Waals surface area contributed by atoms with Gasteiger partial charge < -0.3 is 10.7 Å². The van der Waals surface area contributed by atoms with Crippen LogP contribution in [0.25, 0.3) is 0 Å². The third-order valence-electron chi connectivity index (χ3n) is 1.34. The lowest BCUT2D eigenvalue weighted by atomic mass is 10.3. The summed E-state index contributed by atoms with van der Waals surface area (Å²) >= 11 is 5.68. The van der Waals surface area contributed by atoms with E-state index in [1.54, 1.807) is 6.07 Å². The molecule has 0 aliphatic carbocycles. The first-order chi connectivity index (χ1) is 6.13. The normalized spacial score (nSPS) is 10.2. The predicted molar refractivity (Wildman–Crippen MR) is 53.6 cm³/mol. The van der Waals surface area contributed by atoms with Crippen LogP contribution in [-0.2, 0) is 0 Å². The van der Waals surface area contributed by atoms with Crippen LogP contribution in [0.15, 0.2) is 6.07 Å². The van der Waals surface area contributed by atoms with Gasteiger partial charge in [0.05, 0.1) is 5.69 Å². The number of halogens is 1. The molecule has 0 bridgehead atoms. The van der Waals surface area contributed by atoms with E-state index in [9.17, 15) is 0 Å². The Morgan fingerprint density at radius 1 is 1.46 bits per heavy atom. The minimum absolute atomic E-state index is 0.285. The molecule has 6 heteroatoms. The first-order valence-corrected chi connectivity index (χ1v) is 4.27. The van der Waals surface area contributed by atoms with E-state index in [0.29, 0.717) is 11.0 Å². The van der Waals surface area contributed by atoms with Gasteiger partial charge >= 0.3 is 0 Å². The fraction of sp³-hybridized carbons (Fsp3) is 0.429. The molecule has 0 aliphatic heterocycles. The molecule has 0 radical (unpaired) electrons. The highest BCUT2D eigenvalue weighted by molar-refractivity contribution is 6.29. The molecular weight excluding hydrogens is 190 g/mol. The molecule has 0 aromatic carbocycles. The van der Waals surface area contributed by atoms with Gasteiger partial charge in [-0.1, -0.05) is 11.6 Å². The van der Waals surface area contributed by atoms with Crippen LogP contribution in [0.1, 0.15) is 13.8 Å². The van der Waals surface area contributed by atoms with Crippen molar-refractivity contribution in [2.24, 2.45) is 5.84 Å². The molecule has 1 aromatic heterocycles. The molecule has 0 atom stereocenters. The van der Waals surface area contributed by atoms with Crippen LogP contribution in [-0.4, -0.2) is 16.2 Å². The summed E-state index contributed by atoms with van der Waals surface area (Å²) in [6.07, 6.45) is 0. The third kappa shape index (κ3) is 2.71. The molecule has 4 N–H and O–H groups in total.